The molecule has 0 aliphatic rings. The van der Waals surface area contributed by atoms with E-state index in [1.807, 2.05) is 12.3 Å². The van der Waals surface area contributed by atoms with Gasteiger partial charge in [0.25, 0.3) is 0 Å². The minimum atomic E-state index is -0.449. The van der Waals surface area contributed by atoms with Crippen LogP contribution in [0.3, 0.4) is 0 Å². The van der Waals surface area contributed by atoms with Crippen molar-refractivity contribution < 1.29 is 4.79 Å². The molecule has 0 bridgehead atoms. The fourth-order valence-corrected chi connectivity index (χ4v) is 2.13. The van der Waals surface area contributed by atoms with E-state index in [1.54, 1.807) is 6.92 Å². The molecule has 0 spiro atoms. The Labute approximate surface area is 119 Å². The summed E-state index contributed by atoms with van der Waals surface area (Å²) in [5.74, 6) is -0.105. The molecule has 0 fully saturated rings. The molecule has 1 aromatic heterocycles. The molecule has 4 N–H and O–H groups in total. The van der Waals surface area contributed by atoms with Gasteiger partial charge in [-0.05, 0) is 37.5 Å². The van der Waals surface area contributed by atoms with Crippen LogP contribution in [0.2, 0.25) is 0 Å². The third kappa shape index (κ3) is 3.49. The number of halogens is 1. The Morgan fingerprint density at radius 1 is 1.47 bits per heavy atom. The monoisotopic (exact) mass is 281 g/mol. The molecule has 2 aromatic rings. The molecule has 2 rings (SSSR count). The van der Waals surface area contributed by atoms with Crippen molar-refractivity contribution in [1.82, 2.24) is 10.3 Å². The lowest BCUT2D eigenvalue weighted by molar-refractivity contribution is -0.121. The summed E-state index contributed by atoms with van der Waals surface area (Å²) in [6.45, 7) is 4.40. The van der Waals surface area contributed by atoms with Crippen molar-refractivity contribution in [2.24, 2.45) is 5.73 Å². The maximum atomic E-state index is 11.4. The van der Waals surface area contributed by atoms with Crippen LogP contribution in [-0.2, 0) is 11.2 Å². The Balaban J connectivity index is 0.00000180. The van der Waals surface area contributed by atoms with Gasteiger partial charge in [0.05, 0.1) is 6.04 Å². The van der Waals surface area contributed by atoms with Crippen molar-refractivity contribution in [1.29, 1.82) is 0 Å². The molecule has 0 aliphatic carbocycles. The lowest BCUT2D eigenvalue weighted by Crippen LogP contribution is -2.39. The SMILES string of the molecule is Cc1cccc2[nH]cc(CCNC(=O)[C@H](C)N)c12.Cl. The average molecular weight is 282 g/mol. The molecule has 1 aromatic carbocycles. The number of rotatable bonds is 4. The molecule has 19 heavy (non-hydrogen) atoms. The van der Waals surface area contributed by atoms with Gasteiger partial charge < -0.3 is 16.0 Å². The molecule has 104 valence electrons. The quantitative estimate of drug-likeness (QED) is 0.801. The highest BCUT2D eigenvalue weighted by atomic mass is 35.5. The fourth-order valence-electron chi connectivity index (χ4n) is 2.13. The second-order valence-electron chi connectivity index (χ2n) is 4.64. The number of benzene rings is 1. The molecule has 5 heteroatoms. The predicted octanol–water partition coefficient (Wildman–Crippen LogP) is 1.90. The highest BCUT2D eigenvalue weighted by Crippen LogP contribution is 2.22. The highest BCUT2D eigenvalue weighted by Gasteiger charge is 2.08. The summed E-state index contributed by atoms with van der Waals surface area (Å²) in [5.41, 5.74) is 9.12. The van der Waals surface area contributed by atoms with Gasteiger partial charge in [0, 0.05) is 23.6 Å². The molecular formula is C14H20ClN3O. The van der Waals surface area contributed by atoms with Gasteiger partial charge in [0.1, 0.15) is 0 Å². The molecular weight excluding hydrogens is 262 g/mol. The first kappa shape index (κ1) is 15.5. The van der Waals surface area contributed by atoms with E-state index in [4.69, 9.17) is 5.73 Å². The van der Waals surface area contributed by atoms with Crippen molar-refractivity contribution in [3.63, 3.8) is 0 Å². The third-order valence-electron chi connectivity index (χ3n) is 3.10. The number of H-pyrrole nitrogens is 1. The van der Waals surface area contributed by atoms with Crippen molar-refractivity contribution in [2.45, 2.75) is 26.3 Å². The molecule has 0 radical (unpaired) electrons. The normalized spacial score (nSPS) is 11.9. The third-order valence-corrected chi connectivity index (χ3v) is 3.10. The van der Waals surface area contributed by atoms with Crippen molar-refractivity contribution >= 4 is 29.2 Å². The Morgan fingerprint density at radius 2 is 2.21 bits per heavy atom. The number of hydrogen-bond acceptors (Lipinski definition) is 2. The Bertz CT molecular complexity index is 563. The van der Waals surface area contributed by atoms with Crippen LogP contribution in [0.5, 0.6) is 0 Å². The number of hydrogen-bond donors (Lipinski definition) is 3. The summed E-state index contributed by atoms with van der Waals surface area (Å²) in [6, 6.07) is 5.75. The predicted molar refractivity (Wildman–Crippen MR) is 80.6 cm³/mol. The number of amides is 1. The summed E-state index contributed by atoms with van der Waals surface area (Å²) in [4.78, 5) is 14.6. The topological polar surface area (TPSA) is 70.9 Å². The zero-order chi connectivity index (χ0) is 13.1. The number of carbonyl (C=O) groups is 1. The van der Waals surface area contributed by atoms with Gasteiger partial charge in [-0.1, -0.05) is 12.1 Å². The molecule has 0 saturated carbocycles. The van der Waals surface area contributed by atoms with E-state index in [0.29, 0.717) is 6.54 Å². The van der Waals surface area contributed by atoms with E-state index in [0.717, 1.165) is 11.9 Å². The van der Waals surface area contributed by atoms with Gasteiger partial charge in [-0.25, -0.2) is 0 Å². The minimum Gasteiger partial charge on any atom is -0.361 e. The summed E-state index contributed by atoms with van der Waals surface area (Å²) < 4.78 is 0. The summed E-state index contributed by atoms with van der Waals surface area (Å²) in [7, 11) is 0. The second-order valence-corrected chi connectivity index (χ2v) is 4.64. The average Bonchev–Trinajstić information content (AvgIpc) is 2.73. The van der Waals surface area contributed by atoms with Gasteiger partial charge >= 0.3 is 0 Å². The van der Waals surface area contributed by atoms with E-state index < -0.39 is 6.04 Å². The molecule has 1 amide bonds. The molecule has 1 heterocycles. The van der Waals surface area contributed by atoms with Crippen LogP contribution in [0.1, 0.15) is 18.1 Å². The molecule has 1 atom stereocenters. The lowest BCUT2D eigenvalue weighted by Gasteiger charge is -2.07. The highest BCUT2D eigenvalue weighted by molar-refractivity contribution is 5.86. The fraction of sp³-hybridized carbons (Fsp3) is 0.357. The standard InChI is InChI=1S/C14H19N3O.ClH/c1-9-4-3-5-12-13(9)11(8-17-12)6-7-16-14(18)10(2)15;/h3-5,8,10,17H,6-7,15H2,1-2H3,(H,16,18);1H/t10-;/m0./s1. The van der Waals surface area contributed by atoms with Crippen LogP contribution in [0, 0.1) is 6.92 Å². The zero-order valence-corrected chi connectivity index (χ0v) is 12.0. The van der Waals surface area contributed by atoms with E-state index in [1.165, 1.54) is 16.5 Å². The van der Waals surface area contributed by atoms with Crippen LogP contribution < -0.4 is 11.1 Å². The summed E-state index contributed by atoms with van der Waals surface area (Å²) in [5, 5.41) is 4.08. The molecule has 4 nitrogen and oxygen atoms in total. The van der Waals surface area contributed by atoms with Gasteiger partial charge in [-0.2, -0.15) is 0 Å². The number of fused-ring (bicyclic) bond motifs is 1. The van der Waals surface area contributed by atoms with Crippen molar-refractivity contribution in [2.75, 3.05) is 6.54 Å². The largest absolute Gasteiger partial charge is 0.361 e. The first-order valence-corrected chi connectivity index (χ1v) is 6.18. The number of nitrogens with one attached hydrogen (secondary N) is 2. The van der Waals surface area contributed by atoms with Crippen LogP contribution in [0.4, 0.5) is 0 Å². The first-order valence-electron chi connectivity index (χ1n) is 6.18. The molecule has 0 aliphatic heterocycles. The van der Waals surface area contributed by atoms with Crippen molar-refractivity contribution in [3.05, 3.63) is 35.5 Å². The number of nitrogens with two attached hydrogens (primary N) is 1. The first-order chi connectivity index (χ1) is 8.59. The zero-order valence-electron chi connectivity index (χ0n) is 11.2. The Kier molecular flexibility index (Phi) is 5.39. The van der Waals surface area contributed by atoms with E-state index in [-0.39, 0.29) is 18.3 Å². The maximum absolute atomic E-state index is 11.4. The Morgan fingerprint density at radius 3 is 2.89 bits per heavy atom. The van der Waals surface area contributed by atoms with Crippen LogP contribution in [-0.4, -0.2) is 23.5 Å². The molecule has 0 saturated heterocycles. The lowest BCUT2D eigenvalue weighted by atomic mass is 10.1. The molecule has 0 unspecified atom stereocenters. The smallest absolute Gasteiger partial charge is 0.236 e. The summed E-state index contributed by atoms with van der Waals surface area (Å²) >= 11 is 0. The van der Waals surface area contributed by atoms with Crippen LogP contribution in [0.25, 0.3) is 10.9 Å². The van der Waals surface area contributed by atoms with E-state index in [2.05, 4.69) is 29.4 Å². The van der Waals surface area contributed by atoms with Gasteiger partial charge in [-0.3, -0.25) is 4.79 Å². The van der Waals surface area contributed by atoms with Gasteiger partial charge in [0.15, 0.2) is 0 Å². The van der Waals surface area contributed by atoms with Crippen molar-refractivity contribution in [3.8, 4) is 0 Å². The van der Waals surface area contributed by atoms with Gasteiger partial charge in [0.2, 0.25) is 5.91 Å². The van der Waals surface area contributed by atoms with E-state index >= 15 is 0 Å². The minimum absolute atomic E-state index is 0. The van der Waals surface area contributed by atoms with Crippen LogP contribution >= 0.6 is 12.4 Å². The van der Waals surface area contributed by atoms with Crippen LogP contribution in [0.15, 0.2) is 24.4 Å². The van der Waals surface area contributed by atoms with Gasteiger partial charge in [-0.15, -0.1) is 12.4 Å². The number of aryl methyl sites for hydroxylation is 1. The number of carbonyl (C=O) groups excluding carboxylic acids is 1. The second kappa shape index (κ2) is 6.59. The summed E-state index contributed by atoms with van der Waals surface area (Å²) in [6.07, 6.45) is 2.82. The number of aromatic amines is 1. The number of aromatic nitrogens is 1. The Hall–Kier alpha value is -1.52. The maximum Gasteiger partial charge on any atom is 0.236 e. The van der Waals surface area contributed by atoms with E-state index in [9.17, 15) is 4.79 Å².